The fourth-order valence-electron chi connectivity index (χ4n) is 3.60. The average Bonchev–Trinajstić information content (AvgIpc) is 3.13. The van der Waals surface area contributed by atoms with Crippen LogP contribution in [-0.4, -0.2) is 52.2 Å². The Morgan fingerprint density at radius 2 is 2.00 bits per heavy atom. The highest BCUT2D eigenvalue weighted by Crippen LogP contribution is 2.36. The van der Waals surface area contributed by atoms with E-state index in [-0.39, 0.29) is 30.5 Å². The van der Waals surface area contributed by atoms with E-state index in [1.807, 2.05) is 30.3 Å². The molecule has 2 heterocycles. The first-order valence-electron chi connectivity index (χ1n) is 7.93. The third-order valence-electron chi connectivity index (χ3n) is 4.71. The molecule has 0 bridgehead atoms. The summed E-state index contributed by atoms with van der Waals surface area (Å²) >= 11 is 5.60. The number of halogens is 1. The van der Waals surface area contributed by atoms with Crippen molar-refractivity contribution in [2.24, 2.45) is 5.92 Å². The highest BCUT2D eigenvalue weighted by atomic mass is 35.5. The summed E-state index contributed by atoms with van der Waals surface area (Å²) in [5.74, 6) is -1.34. The molecule has 1 aromatic carbocycles. The van der Waals surface area contributed by atoms with E-state index in [0.717, 1.165) is 5.56 Å². The van der Waals surface area contributed by atoms with Gasteiger partial charge in [0, 0.05) is 6.54 Å². The molecule has 0 aromatic heterocycles. The summed E-state index contributed by atoms with van der Waals surface area (Å²) in [6.45, 7) is 2.39. The van der Waals surface area contributed by atoms with Gasteiger partial charge in [0.1, 0.15) is 12.5 Å². The molecule has 2 fully saturated rings. The van der Waals surface area contributed by atoms with Crippen molar-refractivity contribution in [3.63, 3.8) is 0 Å². The molecule has 0 unspecified atom stereocenters. The Bertz CT molecular complexity index is 651. The van der Waals surface area contributed by atoms with Crippen LogP contribution in [0.15, 0.2) is 30.3 Å². The number of hydrogen-bond donors (Lipinski definition) is 0. The highest BCUT2D eigenvalue weighted by Gasteiger charge is 2.55. The Morgan fingerprint density at radius 1 is 1.29 bits per heavy atom. The van der Waals surface area contributed by atoms with Crippen LogP contribution < -0.4 is 0 Å². The first kappa shape index (κ1) is 16.8. The summed E-state index contributed by atoms with van der Waals surface area (Å²) in [6.07, 6.45) is 0.107. The molecule has 1 aromatic rings. The fraction of sp³-hybridized carbons (Fsp3) is 0.471. The number of ether oxygens (including phenoxy) is 1. The van der Waals surface area contributed by atoms with Gasteiger partial charge in [-0.25, -0.2) is 4.79 Å². The zero-order chi connectivity index (χ0) is 17.3. The Hall–Kier alpha value is -2.08. The predicted octanol–water partition coefficient (Wildman–Crippen LogP) is 2.01. The van der Waals surface area contributed by atoms with Crippen molar-refractivity contribution >= 4 is 29.5 Å². The van der Waals surface area contributed by atoms with Crippen LogP contribution in [0.25, 0.3) is 0 Å². The zero-order valence-corrected chi connectivity index (χ0v) is 14.1. The maximum Gasteiger partial charge on any atom is 0.410 e. The molecule has 0 N–H and O–H groups in total. The fourth-order valence-corrected chi connectivity index (χ4v) is 3.73. The topological polar surface area (TPSA) is 66.9 Å². The lowest BCUT2D eigenvalue weighted by Gasteiger charge is -2.25. The minimum Gasteiger partial charge on any atom is -0.445 e. The summed E-state index contributed by atoms with van der Waals surface area (Å²) < 4.78 is 5.37. The number of fused-ring (bicyclic) bond motifs is 1. The molecule has 7 heteroatoms. The van der Waals surface area contributed by atoms with Gasteiger partial charge in [-0.3, -0.25) is 14.5 Å². The van der Waals surface area contributed by atoms with Crippen molar-refractivity contribution in [1.29, 1.82) is 0 Å². The minimum atomic E-state index is -0.453. The van der Waals surface area contributed by atoms with Crippen molar-refractivity contribution in [3.8, 4) is 0 Å². The molecule has 3 atom stereocenters. The van der Waals surface area contributed by atoms with Crippen molar-refractivity contribution < 1.29 is 19.1 Å². The van der Waals surface area contributed by atoms with Gasteiger partial charge >= 0.3 is 6.09 Å². The largest absolute Gasteiger partial charge is 0.445 e. The quantitative estimate of drug-likeness (QED) is 0.782. The van der Waals surface area contributed by atoms with Crippen LogP contribution in [0.4, 0.5) is 4.79 Å². The number of alkyl halides is 1. The second-order valence-electron chi connectivity index (χ2n) is 6.10. The van der Waals surface area contributed by atoms with E-state index in [1.165, 1.54) is 4.90 Å². The molecule has 2 aliphatic rings. The highest BCUT2D eigenvalue weighted by molar-refractivity contribution is 6.28. The second-order valence-corrected chi connectivity index (χ2v) is 6.37. The number of rotatable bonds is 3. The smallest absolute Gasteiger partial charge is 0.410 e. The van der Waals surface area contributed by atoms with Gasteiger partial charge in [-0.15, -0.1) is 11.6 Å². The van der Waals surface area contributed by atoms with Crippen LogP contribution in [0.5, 0.6) is 0 Å². The standard InChI is InChI=1S/C17H19ClN2O4/c1-11-15-13(20(16(11)22)14(21)9-18)7-8-19(15)17(23)24-10-12-5-3-2-4-6-12/h2-6,11,13,15H,7-10H2,1H3/t11-,13-,15+/m0/s1. The van der Waals surface area contributed by atoms with E-state index in [0.29, 0.717) is 13.0 Å². The van der Waals surface area contributed by atoms with Gasteiger partial charge in [-0.1, -0.05) is 37.3 Å². The molecule has 3 amide bonds. The molecule has 0 radical (unpaired) electrons. The van der Waals surface area contributed by atoms with Crippen LogP contribution in [0.2, 0.25) is 0 Å². The summed E-state index contributed by atoms with van der Waals surface area (Å²) in [6, 6.07) is 8.76. The molecule has 24 heavy (non-hydrogen) atoms. The van der Waals surface area contributed by atoms with Crippen molar-refractivity contribution in [2.75, 3.05) is 12.4 Å². The first-order chi connectivity index (χ1) is 11.5. The third-order valence-corrected chi connectivity index (χ3v) is 4.94. The maximum atomic E-state index is 12.4. The SMILES string of the molecule is C[C@@H]1C(=O)N(C(=O)CCl)[C@H]2CCN(C(=O)OCc3ccccc3)[C@H]12. The molecule has 2 aliphatic heterocycles. The van der Waals surface area contributed by atoms with E-state index in [9.17, 15) is 14.4 Å². The lowest BCUT2D eigenvalue weighted by atomic mass is 10.0. The van der Waals surface area contributed by atoms with E-state index >= 15 is 0 Å². The number of hydrogen-bond acceptors (Lipinski definition) is 4. The number of carbonyl (C=O) groups excluding carboxylic acids is 3. The van der Waals surface area contributed by atoms with Gasteiger partial charge in [-0.2, -0.15) is 0 Å². The van der Waals surface area contributed by atoms with Crippen molar-refractivity contribution in [3.05, 3.63) is 35.9 Å². The first-order valence-corrected chi connectivity index (χ1v) is 8.47. The Kier molecular flexibility index (Phi) is 4.76. The van der Waals surface area contributed by atoms with Crippen LogP contribution in [0, 0.1) is 5.92 Å². The molecular weight excluding hydrogens is 332 g/mol. The maximum absolute atomic E-state index is 12.4. The van der Waals surface area contributed by atoms with E-state index < -0.39 is 17.9 Å². The van der Waals surface area contributed by atoms with E-state index in [4.69, 9.17) is 16.3 Å². The summed E-state index contributed by atoms with van der Waals surface area (Å²) in [7, 11) is 0. The molecular formula is C17H19ClN2O4. The number of imide groups is 1. The summed E-state index contributed by atoms with van der Waals surface area (Å²) in [5.41, 5.74) is 0.899. The average molecular weight is 351 g/mol. The van der Waals surface area contributed by atoms with E-state index in [1.54, 1.807) is 11.8 Å². The molecule has 0 saturated carbocycles. The Labute approximate surface area is 145 Å². The number of amides is 3. The van der Waals surface area contributed by atoms with Crippen molar-refractivity contribution in [1.82, 2.24) is 9.80 Å². The van der Waals surface area contributed by atoms with Gasteiger partial charge < -0.3 is 9.64 Å². The second kappa shape index (κ2) is 6.81. The molecule has 0 aliphatic carbocycles. The summed E-state index contributed by atoms with van der Waals surface area (Å²) in [5, 5.41) is 0. The molecule has 6 nitrogen and oxygen atoms in total. The molecule has 0 spiro atoms. The Morgan fingerprint density at radius 3 is 2.67 bits per heavy atom. The Balaban J connectivity index is 1.69. The normalized spacial score (nSPS) is 25.8. The van der Waals surface area contributed by atoms with Gasteiger partial charge in [0.25, 0.3) is 0 Å². The van der Waals surface area contributed by atoms with Gasteiger partial charge in [0.2, 0.25) is 11.8 Å². The number of likely N-dealkylation sites (tertiary alicyclic amines) is 2. The third kappa shape index (κ3) is 2.86. The zero-order valence-electron chi connectivity index (χ0n) is 13.4. The monoisotopic (exact) mass is 350 g/mol. The van der Waals surface area contributed by atoms with Crippen LogP contribution in [0.1, 0.15) is 18.9 Å². The van der Waals surface area contributed by atoms with Gasteiger partial charge in [0.05, 0.1) is 18.0 Å². The molecule has 128 valence electrons. The number of benzene rings is 1. The van der Waals surface area contributed by atoms with E-state index in [2.05, 4.69) is 0 Å². The lowest BCUT2D eigenvalue weighted by molar-refractivity contribution is -0.143. The van der Waals surface area contributed by atoms with Gasteiger partial charge in [-0.05, 0) is 12.0 Å². The van der Waals surface area contributed by atoms with Crippen LogP contribution in [0.3, 0.4) is 0 Å². The summed E-state index contributed by atoms with van der Waals surface area (Å²) in [4.78, 5) is 39.5. The van der Waals surface area contributed by atoms with Crippen LogP contribution >= 0.6 is 11.6 Å². The lowest BCUT2D eigenvalue weighted by Crippen LogP contribution is -2.43. The molecule has 3 rings (SSSR count). The number of carbonyl (C=O) groups is 3. The molecule has 2 saturated heterocycles. The van der Waals surface area contributed by atoms with Gasteiger partial charge in [0.15, 0.2) is 0 Å². The predicted molar refractivity (Wildman–Crippen MR) is 87.3 cm³/mol. The minimum absolute atomic E-state index is 0.181. The number of nitrogens with zero attached hydrogens (tertiary/aromatic N) is 2. The van der Waals surface area contributed by atoms with Crippen molar-refractivity contribution in [2.45, 2.75) is 32.0 Å². The van der Waals surface area contributed by atoms with Crippen LogP contribution in [-0.2, 0) is 20.9 Å².